The molecular formula is C11H16N2O4. The minimum Gasteiger partial charge on any atom is -0.493 e. The maximum atomic E-state index is 10.3. The second-order valence-corrected chi connectivity index (χ2v) is 3.31. The second kappa shape index (κ2) is 6.70. The Bertz CT molecular complexity index is 382. The van der Waals surface area contributed by atoms with Crippen LogP contribution in [0.25, 0.3) is 0 Å². The highest BCUT2D eigenvalue weighted by molar-refractivity contribution is 5.66. The lowest BCUT2D eigenvalue weighted by molar-refractivity contribution is -0.136. The van der Waals surface area contributed by atoms with E-state index in [9.17, 15) is 4.79 Å². The van der Waals surface area contributed by atoms with Gasteiger partial charge in [-0.3, -0.25) is 9.78 Å². The Morgan fingerprint density at radius 3 is 2.82 bits per heavy atom. The molecule has 0 aliphatic rings. The summed E-state index contributed by atoms with van der Waals surface area (Å²) in [6.45, 7) is 0.824. The summed E-state index contributed by atoms with van der Waals surface area (Å²) >= 11 is 0. The third-order valence-corrected chi connectivity index (χ3v) is 2.17. The number of methoxy groups -OCH3 is 2. The van der Waals surface area contributed by atoms with Gasteiger partial charge in [-0.1, -0.05) is 0 Å². The van der Waals surface area contributed by atoms with E-state index in [-0.39, 0.29) is 6.42 Å². The van der Waals surface area contributed by atoms with E-state index in [0.717, 1.165) is 0 Å². The van der Waals surface area contributed by atoms with Crippen LogP contribution in [0.15, 0.2) is 12.3 Å². The number of aromatic nitrogens is 1. The first-order valence-electron chi connectivity index (χ1n) is 5.17. The molecule has 1 heterocycles. The molecule has 0 unspecified atom stereocenters. The van der Waals surface area contributed by atoms with Crippen molar-refractivity contribution in [3.63, 3.8) is 0 Å². The fourth-order valence-electron chi connectivity index (χ4n) is 1.38. The number of nitrogens with zero attached hydrogens (tertiary/aromatic N) is 1. The number of carboxylic acid groups (broad SMARTS) is 1. The van der Waals surface area contributed by atoms with Crippen LogP contribution in [0, 0.1) is 0 Å². The van der Waals surface area contributed by atoms with Crippen molar-refractivity contribution in [3.8, 4) is 11.5 Å². The molecule has 94 valence electrons. The maximum Gasteiger partial charge on any atom is 0.304 e. The number of rotatable bonds is 7. The Balaban J connectivity index is 2.60. The van der Waals surface area contributed by atoms with E-state index in [0.29, 0.717) is 30.3 Å². The van der Waals surface area contributed by atoms with Crippen LogP contribution < -0.4 is 14.8 Å². The molecule has 0 spiro atoms. The molecule has 6 heteroatoms. The van der Waals surface area contributed by atoms with Crippen LogP contribution in [0.4, 0.5) is 0 Å². The molecule has 0 aliphatic carbocycles. The molecular weight excluding hydrogens is 224 g/mol. The molecule has 0 amide bonds. The topological polar surface area (TPSA) is 80.7 Å². The molecule has 0 aromatic carbocycles. The van der Waals surface area contributed by atoms with Crippen LogP contribution in [-0.2, 0) is 11.3 Å². The molecule has 6 nitrogen and oxygen atoms in total. The van der Waals surface area contributed by atoms with Crippen molar-refractivity contribution in [1.82, 2.24) is 10.3 Å². The minimum atomic E-state index is -0.830. The van der Waals surface area contributed by atoms with Crippen LogP contribution in [0.3, 0.4) is 0 Å². The predicted octanol–water partition coefficient (Wildman–Crippen LogP) is 0.663. The number of pyridine rings is 1. The molecule has 0 atom stereocenters. The Morgan fingerprint density at radius 2 is 2.24 bits per heavy atom. The van der Waals surface area contributed by atoms with Gasteiger partial charge >= 0.3 is 5.97 Å². The van der Waals surface area contributed by atoms with Gasteiger partial charge in [0, 0.05) is 25.4 Å². The zero-order valence-corrected chi connectivity index (χ0v) is 9.90. The molecule has 0 saturated heterocycles. The number of hydrogen-bond acceptors (Lipinski definition) is 5. The van der Waals surface area contributed by atoms with Crippen LogP contribution in [-0.4, -0.2) is 36.8 Å². The summed E-state index contributed by atoms with van der Waals surface area (Å²) in [7, 11) is 3.10. The van der Waals surface area contributed by atoms with Gasteiger partial charge in [-0.15, -0.1) is 0 Å². The van der Waals surface area contributed by atoms with Gasteiger partial charge < -0.3 is 19.9 Å². The highest BCUT2D eigenvalue weighted by atomic mass is 16.5. The number of carbonyl (C=O) groups is 1. The fourth-order valence-corrected chi connectivity index (χ4v) is 1.38. The Labute approximate surface area is 99.6 Å². The number of nitrogens with one attached hydrogen (secondary N) is 1. The average molecular weight is 240 g/mol. The smallest absolute Gasteiger partial charge is 0.304 e. The van der Waals surface area contributed by atoms with Crippen molar-refractivity contribution in [3.05, 3.63) is 18.0 Å². The predicted molar refractivity (Wildman–Crippen MR) is 61.3 cm³/mol. The summed E-state index contributed by atoms with van der Waals surface area (Å²) in [5.41, 5.74) is 0.692. The normalized spacial score (nSPS) is 10.0. The first-order chi connectivity index (χ1) is 8.19. The second-order valence-electron chi connectivity index (χ2n) is 3.31. The zero-order chi connectivity index (χ0) is 12.7. The fraction of sp³-hybridized carbons (Fsp3) is 0.455. The number of aliphatic carboxylic acids is 1. The van der Waals surface area contributed by atoms with Crippen LogP contribution in [0.5, 0.6) is 11.5 Å². The van der Waals surface area contributed by atoms with E-state index in [1.165, 1.54) is 0 Å². The molecule has 17 heavy (non-hydrogen) atoms. The van der Waals surface area contributed by atoms with Crippen LogP contribution in [0.2, 0.25) is 0 Å². The quantitative estimate of drug-likeness (QED) is 0.681. The number of carboxylic acids is 1. The first-order valence-corrected chi connectivity index (χ1v) is 5.17. The van der Waals surface area contributed by atoms with Crippen molar-refractivity contribution in [1.29, 1.82) is 0 Å². The van der Waals surface area contributed by atoms with Gasteiger partial charge in [0.2, 0.25) is 0 Å². The summed E-state index contributed by atoms with van der Waals surface area (Å²) < 4.78 is 10.3. The van der Waals surface area contributed by atoms with E-state index in [4.69, 9.17) is 14.6 Å². The van der Waals surface area contributed by atoms with E-state index in [1.54, 1.807) is 26.5 Å². The largest absolute Gasteiger partial charge is 0.493 e. The highest BCUT2D eigenvalue weighted by Gasteiger charge is 2.10. The first kappa shape index (κ1) is 13.2. The zero-order valence-electron chi connectivity index (χ0n) is 9.90. The van der Waals surface area contributed by atoms with Crippen LogP contribution in [0.1, 0.15) is 12.1 Å². The standard InChI is InChI=1S/C11H16N2O4/c1-16-9-3-6-13-8(11(9)17-2)7-12-5-4-10(14)15/h3,6,12H,4-5,7H2,1-2H3,(H,14,15). The molecule has 2 N–H and O–H groups in total. The third kappa shape index (κ3) is 3.92. The van der Waals surface area contributed by atoms with Gasteiger partial charge in [-0.05, 0) is 0 Å². The molecule has 0 fully saturated rings. The summed E-state index contributed by atoms with van der Waals surface area (Å²) in [6.07, 6.45) is 1.70. The van der Waals surface area contributed by atoms with Gasteiger partial charge in [0.25, 0.3) is 0 Å². The lowest BCUT2D eigenvalue weighted by Gasteiger charge is -2.11. The van der Waals surface area contributed by atoms with Crippen molar-refractivity contribution >= 4 is 5.97 Å². The molecule has 1 aromatic rings. The third-order valence-electron chi connectivity index (χ3n) is 2.17. The number of hydrogen-bond donors (Lipinski definition) is 2. The minimum absolute atomic E-state index is 0.0757. The monoisotopic (exact) mass is 240 g/mol. The van der Waals surface area contributed by atoms with E-state index >= 15 is 0 Å². The summed E-state index contributed by atoms with van der Waals surface area (Å²) in [5, 5.41) is 11.5. The number of ether oxygens (including phenoxy) is 2. The van der Waals surface area contributed by atoms with E-state index in [2.05, 4.69) is 10.3 Å². The van der Waals surface area contributed by atoms with Crippen molar-refractivity contribution in [2.75, 3.05) is 20.8 Å². The van der Waals surface area contributed by atoms with Gasteiger partial charge in [-0.25, -0.2) is 0 Å². The highest BCUT2D eigenvalue weighted by Crippen LogP contribution is 2.28. The molecule has 0 radical (unpaired) electrons. The van der Waals surface area contributed by atoms with Gasteiger partial charge in [0.15, 0.2) is 11.5 Å². The van der Waals surface area contributed by atoms with E-state index < -0.39 is 5.97 Å². The SMILES string of the molecule is COc1ccnc(CNCCC(=O)O)c1OC. The molecule has 1 rings (SSSR count). The van der Waals surface area contributed by atoms with Gasteiger partial charge in [-0.2, -0.15) is 0 Å². The maximum absolute atomic E-state index is 10.3. The molecule has 0 aliphatic heterocycles. The Hall–Kier alpha value is -1.82. The van der Waals surface area contributed by atoms with Crippen molar-refractivity contribution in [2.45, 2.75) is 13.0 Å². The van der Waals surface area contributed by atoms with Crippen LogP contribution >= 0.6 is 0 Å². The van der Waals surface area contributed by atoms with Gasteiger partial charge in [0.05, 0.1) is 26.3 Å². The molecule has 0 saturated carbocycles. The summed E-state index contributed by atoms with van der Waals surface area (Å²) in [4.78, 5) is 14.5. The molecule has 0 bridgehead atoms. The lowest BCUT2D eigenvalue weighted by Crippen LogP contribution is -2.18. The van der Waals surface area contributed by atoms with Crippen molar-refractivity contribution < 1.29 is 19.4 Å². The van der Waals surface area contributed by atoms with E-state index in [1.807, 2.05) is 0 Å². The Morgan fingerprint density at radius 1 is 1.47 bits per heavy atom. The van der Waals surface area contributed by atoms with Crippen molar-refractivity contribution in [2.24, 2.45) is 0 Å². The lowest BCUT2D eigenvalue weighted by atomic mass is 10.3. The Kier molecular flexibility index (Phi) is 5.22. The van der Waals surface area contributed by atoms with Gasteiger partial charge in [0.1, 0.15) is 0 Å². The molecule has 1 aromatic heterocycles. The summed E-state index contributed by atoms with van der Waals surface area (Å²) in [5.74, 6) is 0.346. The average Bonchev–Trinajstić information content (AvgIpc) is 2.33. The summed E-state index contributed by atoms with van der Waals surface area (Å²) in [6, 6.07) is 1.71.